The molecular formula is C20H23NO6S2. The predicted octanol–water partition coefficient (Wildman–Crippen LogP) is 2.69. The molecule has 0 aliphatic carbocycles. The lowest BCUT2D eigenvalue weighted by Crippen LogP contribution is -2.23. The number of carbonyl (C=O) groups excluding carboxylic acids is 1. The van der Waals surface area contributed by atoms with Gasteiger partial charge in [-0.1, -0.05) is 12.1 Å². The van der Waals surface area contributed by atoms with E-state index >= 15 is 0 Å². The van der Waals surface area contributed by atoms with E-state index in [1.807, 2.05) is 13.8 Å². The van der Waals surface area contributed by atoms with Crippen molar-refractivity contribution in [2.75, 3.05) is 16.8 Å². The molecule has 2 aromatic rings. The topological polar surface area (TPSA) is 107 Å². The van der Waals surface area contributed by atoms with Gasteiger partial charge in [0.2, 0.25) is 0 Å². The highest BCUT2D eigenvalue weighted by atomic mass is 32.2. The Morgan fingerprint density at radius 2 is 1.76 bits per heavy atom. The van der Waals surface area contributed by atoms with Crippen molar-refractivity contribution in [2.45, 2.75) is 36.5 Å². The molecule has 0 radical (unpaired) electrons. The zero-order valence-corrected chi connectivity index (χ0v) is 17.8. The second-order valence-electron chi connectivity index (χ2n) is 7.21. The van der Waals surface area contributed by atoms with Crippen LogP contribution in [0, 0.1) is 0 Å². The van der Waals surface area contributed by atoms with Crippen LogP contribution in [0.3, 0.4) is 0 Å². The van der Waals surface area contributed by atoms with Gasteiger partial charge in [0, 0.05) is 5.56 Å². The van der Waals surface area contributed by atoms with Gasteiger partial charge >= 0.3 is 0 Å². The average Bonchev–Trinajstić information content (AvgIpc) is 3.03. The SMILES string of the molecule is CC(C)Oc1ccccc1NC(=O)c1ccc(S(=O)(=O)C2CCS(=O)(=O)C2)cc1. The number of carbonyl (C=O) groups is 1. The third-order valence-corrected chi connectivity index (χ3v) is 8.76. The molecule has 1 atom stereocenters. The van der Waals surface area contributed by atoms with Crippen molar-refractivity contribution in [1.82, 2.24) is 0 Å². The predicted molar refractivity (Wildman–Crippen MR) is 111 cm³/mol. The number of anilines is 1. The number of nitrogens with one attached hydrogen (secondary N) is 1. The van der Waals surface area contributed by atoms with Crippen LogP contribution >= 0.6 is 0 Å². The van der Waals surface area contributed by atoms with Gasteiger partial charge in [-0.25, -0.2) is 16.8 Å². The number of benzene rings is 2. The number of amides is 1. The minimum absolute atomic E-state index is 0.0136. The molecule has 0 saturated carbocycles. The highest BCUT2D eigenvalue weighted by Gasteiger charge is 2.38. The summed E-state index contributed by atoms with van der Waals surface area (Å²) >= 11 is 0. The van der Waals surface area contributed by atoms with Crippen molar-refractivity contribution in [3.63, 3.8) is 0 Å². The third kappa shape index (κ3) is 4.97. The van der Waals surface area contributed by atoms with Crippen LogP contribution in [0.1, 0.15) is 30.6 Å². The Bertz CT molecular complexity index is 1110. The molecule has 3 rings (SSSR count). The Hall–Kier alpha value is -2.39. The maximum absolute atomic E-state index is 12.7. The molecule has 0 spiro atoms. The monoisotopic (exact) mass is 437 g/mol. The van der Waals surface area contributed by atoms with Gasteiger partial charge in [-0.15, -0.1) is 0 Å². The molecular weight excluding hydrogens is 414 g/mol. The van der Waals surface area contributed by atoms with E-state index in [-0.39, 0.29) is 34.5 Å². The lowest BCUT2D eigenvalue weighted by molar-refractivity contribution is 0.102. The van der Waals surface area contributed by atoms with Crippen LogP contribution in [0.5, 0.6) is 5.75 Å². The summed E-state index contributed by atoms with van der Waals surface area (Å²) in [6, 6.07) is 12.5. The van der Waals surface area contributed by atoms with Crippen LogP contribution in [0.25, 0.3) is 0 Å². The fraction of sp³-hybridized carbons (Fsp3) is 0.350. The van der Waals surface area contributed by atoms with E-state index in [1.54, 1.807) is 24.3 Å². The molecule has 1 aliphatic rings. The van der Waals surface area contributed by atoms with Crippen LogP contribution in [-0.4, -0.2) is 45.6 Å². The van der Waals surface area contributed by atoms with Gasteiger partial charge in [-0.05, 0) is 56.7 Å². The van der Waals surface area contributed by atoms with Gasteiger partial charge in [0.05, 0.1) is 33.4 Å². The van der Waals surface area contributed by atoms with Crippen molar-refractivity contribution < 1.29 is 26.4 Å². The highest BCUT2D eigenvalue weighted by molar-refractivity contribution is 7.96. The molecule has 29 heavy (non-hydrogen) atoms. The Morgan fingerprint density at radius 1 is 1.10 bits per heavy atom. The summed E-state index contributed by atoms with van der Waals surface area (Å²) in [5.74, 6) is -0.339. The Kier molecular flexibility index (Phi) is 6.00. The number of sulfone groups is 2. The first-order valence-electron chi connectivity index (χ1n) is 9.20. The van der Waals surface area contributed by atoms with E-state index in [1.165, 1.54) is 24.3 Å². The van der Waals surface area contributed by atoms with Crippen LogP contribution in [0.2, 0.25) is 0 Å². The maximum Gasteiger partial charge on any atom is 0.255 e. The van der Waals surface area contributed by atoms with Crippen molar-refractivity contribution in [3.05, 3.63) is 54.1 Å². The van der Waals surface area contributed by atoms with E-state index < -0.39 is 30.8 Å². The minimum Gasteiger partial charge on any atom is -0.489 e. The first kappa shape index (κ1) is 21.3. The standard InChI is InChI=1S/C20H23NO6S2/c1-14(2)27-19-6-4-3-5-18(19)21-20(22)15-7-9-16(10-8-15)29(25,26)17-11-12-28(23,24)13-17/h3-10,14,17H,11-13H2,1-2H3,(H,21,22). The lowest BCUT2D eigenvalue weighted by Gasteiger charge is -2.15. The van der Waals surface area contributed by atoms with Crippen LogP contribution in [0.15, 0.2) is 53.4 Å². The Morgan fingerprint density at radius 3 is 2.34 bits per heavy atom. The van der Waals surface area contributed by atoms with Gasteiger partial charge in [-0.3, -0.25) is 4.79 Å². The van der Waals surface area contributed by atoms with E-state index in [0.717, 1.165) is 0 Å². The smallest absolute Gasteiger partial charge is 0.255 e. The number of hydrogen-bond donors (Lipinski definition) is 1. The number of para-hydroxylation sites is 2. The van der Waals surface area contributed by atoms with Gasteiger partial charge in [-0.2, -0.15) is 0 Å². The fourth-order valence-corrected chi connectivity index (χ4v) is 7.47. The zero-order valence-electron chi connectivity index (χ0n) is 16.2. The quantitative estimate of drug-likeness (QED) is 0.745. The molecule has 7 nitrogen and oxygen atoms in total. The molecule has 1 heterocycles. The van der Waals surface area contributed by atoms with Gasteiger partial charge in [0.15, 0.2) is 19.7 Å². The molecule has 1 amide bonds. The highest BCUT2D eigenvalue weighted by Crippen LogP contribution is 2.27. The van der Waals surface area contributed by atoms with Crippen LogP contribution in [-0.2, 0) is 19.7 Å². The molecule has 0 aromatic heterocycles. The maximum atomic E-state index is 12.7. The van der Waals surface area contributed by atoms with E-state index in [0.29, 0.717) is 11.4 Å². The summed E-state index contributed by atoms with van der Waals surface area (Å²) in [5, 5.41) is 1.83. The van der Waals surface area contributed by atoms with Crippen LogP contribution < -0.4 is 10.1 Å². The van der Waals surface area contributed by atoms with Crippen LogP contribution in [0.4, 0.5) is 5.69 Å². The Balaban J connectivity index is 1.76. The number of rotatable bonds is 6. The summed E-state index contributed by atoms with van der Waals surface area (Å²) in [4.78, 5) is 12.6. The Labute approximate surface area is 170 Å². The second-order valence-corrected chi connectivity index (χ2v) is 11.7. The summed E-state index contributed by atoms with van der Waals surface area (Å²) in [6.45, 7) is 3.76. The van der Waals surface area contributed by atoms with E-state index in [9.17, 15) is 21.6 Å². The second kappa shape index (κ2) is 8.16. The van der Waals surface area contributed by atoms with Gasteiger partial charge < -0.3 is 10.1 Å². The van der Waals surface area contributed by atoms with Crippen molar-refractivity contribution >= 4 is 31.3 Å². The average molecular weight is 438 g/mol. The molecule has 2 aromatic carbocycles. The summed E-state index contributed by atoms with van der Waals surface area (Å²) in [7, 11) is -7.07. The molecule has 1 fully saturated rings. The third-order valence-electron chi connectivity index (χ3n) is 4.57. The van der Waals surface area contributed by atoms with Gasteiger partial charge in [0.1, 0.15) is 5.75 Å². The normalized spacial score (nSPS) is 18.5. The van der Waals surface area contributed by atoms with Crippen molar-refractivity contribution in [1.29, 1.82) is 0 Å². The van der Waals surface area contributed by atoms with Crippen molar-refractivity contribution in [3.8, 4) is 5.75 Å². The summed E-state index contributed by atoms with van der Waals surface area (Å²) in [6.07, 6.45) is 0.0384. The number of hydrogen-bond acceptors (Lipinski definition) is 6. The fourth-order valence-electron chi connectivity index (χ4n) is 3.12. The molecule has 1 unspecified atom stereocenters. The molecule has 1 saturated heterocycles. The lowest BCUT2D eigenvalue weighted by atomic mass is 10.2. The molecule has 0 bridgehead atoms. The minimum atomic E-state index is -3.76. The van der Waals surface area contributed by atoms with E-state index in [4.69, 9.17) is 4.74 Å². The largest absolute Gasteiger partial charge is 0.489 e. The van der Waals surface area contributed by atoms with Gasteiger partial charge in [0.25, 0.3) is 5.91 Å². The van der Waals surface area contributed by atoms with E-state index in [2.05, 4.69) is 5.32 Å². The molecule has 1 N–H and O–H groups in total. The van der Waals surface area contributed by atoms with Crippen molar-refractivity contribution in [2.24, 2.45) is 0 Å². The molecule has 9 heteroatoms. The first-order valence-corrected chi connectivity index (χ1v) is 12.6. The number of ether oxygens (including phenoxy) is 1. The first-order chi connectivity index (χ1) is 13.6. The summed E-state index contributed by atoms with van der Waals surface area (Å²) < 4.78 is 54.2. The molecule has 1 aliphatic heterocycles. The molecule has 156 valence electrons. The summed E-state index contributed by atoms with van der Waals surface area (Å²) in [5.41, 5.74) is 0.793. The zero-order chi connectivity index (χ0) is 21.2.